The van der Waals surface area contributed by atoms with E-state index in [4.69, 9.17) is 0 Å². The quantitative estimate of drug-likeness (QED) is 0.830. The molecule has 0 radical (unpaired) electrons. The van der Waals surface area contributed by atoms with E-state index in [2.05, 4.69) is 46.7 Å². The number of hydrogen-bond acceptors (Lipinski definition) is 3. The van der Waals surface area contributed by atoms with E-state index in [1.54, 1.807) is 21.2 Å². The molecule has 0 unspecified atom stereocenters. The fourth-order valence-electron chi connectivity index (χ4n) is 3.92. The van der Waals surface area contributed by atoms with E-state index in [-0.39, 0.29) is 0 Å². The third-order valence-corrected chi connectivity index (χ3v) is 15.7. The summed E-state index contributed by atoms with van der Waals surface area (Å²) in [6.07, 6.45) is 2.98. The number of nitrogens with zero attached hydrogens (tertiary/aromatic N) is 1. The van der Waals surface area contributed by atoms with E-state index < -0.39 is 21.4 Å². The van der Waals surface area contributed by atoms with Crippen LogP contribution in [0.25, 0.3) is 5.57 Å². The van der Waals surface area contributed by atoms with Crippen molar-refractivity contribution in [2.24, 2.45) is 0 Å². The van der Waals surface area contributed by atoms with Crippen LogP contribution in [0.4, 0.5) is 0 Å². The van der Waals surface area contributed by atoms with Gasteiger partial charge < -0.3 is 0 Å². The zero-order valence-corrected chi connectivity index (χ0v) is 16.3. The Morgan fingerprint density at radius 3 is 2.82 bits per heavy atom. The van der Waals surface area contributed by atoms with E-state index in [0.717, 1.165) is 12.3 Å². The van der Waals surface area contributed by atoms with Gasteiger partial charge in [0.2, 0.25) is 0 Å². The number of pyridine rings is 1. The Labute approximate surface area is 142 Å². The molecule has 1 N–H and O–H groups in total. The van der Waals surface area contributed by atoms with E-state index in [1.807, 2.05) is 24.0 Å². The predicted octanol–water partition coefficient (Wildman–Crippen LogP) is 2.43. The van der Waals surface area contributed by atoms with Crippen LogP contribution in [0, 0.1) is 0 Å². The zero-order chi connectivity index (χ0) is 14.5. The summed E-state index contributed by atoms with van der Waals surface area (Å²) >= 11 is 0.0691. The molecule has 106 valence electrons. The maximum absolute atomic E-state index is 4.55. The summed E-state index contributed by atoms with van der Waals surface area (Å²) in [7, 11) is 0. The van der Waals surface area contributed by atoms with Crippen LogP contribution in [-0.4, -0.2) is 38.1 Å². The third kappa shape index (κ3) is 1.86. The Kier molecular flexibility index (Phi) is 3.15. The van der Waals surface area contributed by atoms with Crippen molar-refractivity contribution in [1.82, 2.24) is 10.3 Å². The average molecular weight is 406 g/mol. The topological polar surface area (TPSA) is 24.9 Å². The van der Waals surface area contributed by atoms with E-state index in [0.29, 0.717) is 0 Å². The molecule has 1 aromatic carbocycles. The molecule has 2 aromatic rings. The second-order valence-corrected chi connectivity index (χ2v) is 14.8. The Bertz CT molecular complexity index is 818. The van der Waals surface area contributed by atoms with E-state index in [1.165, 1.54) is 17.0 Å². The van der Waals surface area contributed by atoms with Crippen LogP contribution in [-0.2, 0) is 6.42 Å². The van der Waals surface area contributed by atoms with Crippen molar-refractivity contribution < 1.29 is 0 Å². The van der Waals surface area contributed by atoms with Gasteiger partial charge in [-0.05, 0) is 0 Å². The number of nitrogens with one attached hydrogen (secondary N) is 1. The summed E-state index contributed by atoms with van der Waals surface area (Å²) in [6.45, 7) is 0. The van der Waals surface area contributed by atoms with Crippen LogP contribution in [0.1, 0.15) is 11.3 Å². The van der Waals surface area contributed by atoms with Gasteiger partial charge in [0.1, 0.15) is 0 Å². The van der Waals surface area contributed by atoms with Gasteiger partial charge in [0.15, 0.2) is 0 Å². The number of thioether (sulfide) groups is 1. The first-order chi connectivity index (χ1) is 10.9. The van der Waals surface area contributed by atoms with Gasteiger partial charge in [-0.3, -0.25) is 0 Å². The number of benzene rings is 1. The molecule has 5 heterocycles. The van der Waals surface area contributed by atoms with E-state index in [9.17, 15) is 0 Å². The van der Waals surface area contributed by atoms with Gasteiger partial charge in [0.25, 0.3) is 0 Å². The standard InChI is InChI=1S/C18H15N2S.In/c1-2-6-15(7-3-1)16(12-18-13-21-14-20-18)9-10-17-8-4-5-11-19-17;/h1-6,8,11,20H,10,13-14H2;. The molecule has 4 aliphatic heterocycles. The van der Waals surface area contributed by atoms with Gasteiger partial charge in [-0.1, -0.05) is 0 Å². The van der Waals surface area contributed by atoms with Crippen LogP contribution in [0.2, 0.25) is 0 Å². The molecule has 1 saturated heterocycles. The second kappa shape index (κ2) is 5.20. The molecule has 0 aliphatic carbocycles. The van der Waals surface area contributed by atoms with Gasteiger partial charge in [0.05, 0.1) is 0 Å². The molecule has 0 atom stereocenters. The van der Waals surface area contributed by atoms with Crippen molar-refractivity contribution in [3.05, 3.63) is 72.3 Å². The molecular weight excluding hydrogens is 391 g/mol. The zero-order valence-electron chi connectivity index (χ0n) is 12.2. The molecule has 2 bridgehead atoms. The van der Waals surface area contributed by atoms with Gasteiger partial charge in [-0.25, -0.2) is 0 Å². The van der Waals surface area contributed by atoms with Crippen molar-refractivity contribution in [2.75, 3.05) is 11.6 Å². The Balaban J connectivity index is 1.62. The van der Waals surface area contributed by atoms with Crippen LogP contribution in [0.15, 0.2) is 61.0 Å². The fraction of sp³-hybridized carbons (Fsp3) is 0.167. The Hall–Kier alpha value is -1.13. The Morgan fingerprint density at radius 1 is 1.14 bits per heavy atom. The summed E-state index contributed by atoms with van der Waals surface area (Å²) in [5.74, 6) is 2.26. The van der Waals surface area contributed by atoms with Crippen molar-refractivity contribution in [3.8, 4) is 0 Å². The normalized spacial score (nSPS) is 21.7. The van der Waals surface area contributed by atoms with Crippen LogP contribution < -0.4 is 8.64 Å². The summed E-state index contributed by atoms with van der Waals surface area (Å²) in [4.78, 5) is 4.55. The van der Waals surface area contributed by atoms with Crippen molar-refractivity contribution in [3.63, 3.8) is 0 Å². The summed E-state index contributed by atoms with van der Waals surface area (Å²) in [6, 6.07) is 15.4. The fourth-order valence-corrected chi connectivity index (χ4v) is 16.2. The molecule has 22 heavy (non-hydrogen) atoms. The molecule has 0 amide bonds. The molecule has 0 saturated carbocycles. The minimum absolute atomic E-state index is 1.07. The number of aromatic nitrogens is 1. The molecule has 1 fully saturated rings. The Morgan fingerprint density at radius 2 is 2.05 bits per heavy atom. The van der Waals surface area contributed by atoms with Crippen LogP contribution >= 0.6 is 11.8 Å². The summed E-state index contributed by atoms with van der Waals surface area (Å²) < 4.78 is 5.23. The van der Waals surface area contributed by atoms with Gasteiger partial charge in [-0.2, -0.15) is 0 Å². The van der Waals surface area contributed by atoms with Crippen molar-refractivity contribution in [2.45, 2.75) is 6.42 Å². The van der Waals surface area contributed by atoms with Crippen molar-refractivity contribution in [1.29, 1.82) is 0 Å². The first-order valence-corrected chi connectivity index (χ1v) is 13.8. The summed E-state index contributed by atoms with van der Waals surface area (Å²) in [5.41, 5.74) is 5.89. The summed E-state index contributed by atoms with van der Waals surface area (Å²) in [5, 5.41) is 3.62. The van der Waals surface area contributed by atoms with Gasteiger partial charge in [-0.15, -0.1) is 0 Å². The monoisotopic (exact) mass is 406 g/mol. The van der Waals surface area contributed by atoms with E-state index >= 15 is 0 Å². The predicted molar refractivity (Wildman–Crippen MR) is 94.2 cm³/mol. The molecule has 4 aliphatic rings. The molecule has 2 nitrogen and oxygen atoms in total. The molecular formula is C18H15InN2S. The molecule has 4 heteroatoms. The van der Waals surface area contributed by atoms with Crippen molar-refractivity contribution >= 4 is 42.1 Å². The van der Waals surface area contributed by atoms with Crippen LogP contribution in [0.3, 0.4) is 0 Å². The number of rotatable bonds is 2. The first kappa shape index (κ1) is 13.3. The molecule has 6 rings (SSSR count). The molecule has 1 aromatic heterocycles. The number of hydrogen-bond donors (Lipinski definition) is 1. The number of allylic oxidation sites excluding steroid dienone is 3. The average Bonchev–Trinajstić information content (AvgIpc) is 3.25. The third-order valence-electron chi connectivity index (χ3n) is 4.83. The maximum atomic E-state index is 4.55. The SMILES string of the molecule is c1ccc(C[C]2=C3/[C](=C4\CSCN4)[In]2[c]2ccccc23)nc1. The van der Waals surface area contributed by atoms with Gasteiger partial charge >= 0.3 is 143 Å². The molecule has 0 spiro atoms. The first-order valence-electron chi connectivity index (χ1n) is 7.71. The van der Waals surface area contributed by atoms with Crippen LogP contribution in [0.5, 0.6) is 0 Å². The van der Waals surface area contributed by atoms with Gasteiger partial charge in [0, 0.05) is 0 Å². The minimum atomic E-state index is -1.94. The second-order valence-electron chi connectivity index (χ2n) is 5.98.